The quantitative estimate of drug-likeness (QED) is 0.535. The Morgan fingerprint density at radius 1 is 1.07 bits per heavy atom. The zero-order chi connectivity index (χ0) is 11.9. The number of rotatable bonds is 8. The number of hydrogen-bond acceptors (Lipinski definition) is 4. The van der Waals surface area contributed by atoms with E-state index >= 15 is 0 Å². The van der Waals surface area contributed by atoms with Crippen molar-refractivity contribution in [1.82, 2.24) is 0 Å². The summed E-state index contributed by atoms with van der Waals surface area (Å²) in [5, 5.41) is 17.4. The molecule has 0 aromatic rings. The van der Waals surface area contributed by atoms with Gasteiger partial charge in [0.05, 0.1) is 5.75 Å². The summed E-state index contributed by atoms with van der Waals surface area (Å²) >= 11 is 0. The molecule has 3 N–H and O–H groups in total. The van der Waals surface area contributed by atoms with Crippen LogP contribution in [0.1, 0.15) is 32.6 Å². The summed E-state index contributed by atoms with van der Waals surface area (Å²) in [4.78, 5) is 0. The molecular weight excluding hydrogens is 220 g/mol. The fourth-order valence-corrected chi connectivity index (χ4v) is 2.89. The molecule has 0 bridgehead atoms. The van der Waals surface area contributed by atoms with Crippen molar-refractivity contribution in [2.75, 3.05) is 19.0 Å². The summed E-state index contributed by atoms with van der Waals surface area (Å²) in [5.74, 6) is -0.319. The number of hydrogen-bond donors (Lipinski definition) is 3. The molecule has 92 valence electrons. The first-order valence-electron chi connectivity index (χ1n) is 5.00. The van der Waals surface area contributed by atoms with E-state index in [2.05, 4.69) is 0 Å². The van der Waals surface area contributed by atoms with Crippen LogP contribution in [0.2, 0.25) is 0 Å². The maximum atomic E-state index is 10.8. The average molecular weight is 240 g/mol. The van der Waals surface area contributed by atoms with Crippen molar-refractivity contribution in [2.24, 2.45) is 5.41 Å². The van der Waals surface area contributed by atoms with Crippen LogP contribution >= 0.6 is 0 Å². The number of aliphatic hydroxyl groups excluding tert-OH is 2. The highest BCUT2D eigenvalue weighted by molar-refractivity contribution is 7.85. The summed E-state index contributed by atoms with van der Waals surface area (Å²) in [6.07, 6.45) is 2.03. The normalized spacial score (nSPS) is 13.1. The van der Waals surface area contributed by atoms with Gasteiger partial charge in [-0.05, 0) is 31.1 Å². The first kappa shape index (κ1) is 14.8. The molecule has 0 aliphatic heterocycles. The second-order valence-corrected chi connectivity index (χ2v) is 5.64. The molecule has 15 heavy (non-hydrogen) atoms. The van der Waals surface area contributed by atoms with E-state index in [9.17, 15) is 8.42 Å². The van der Waals surface area contributed by atoms with Gasteiger partial charge >= 0.3 is 0 Å². The minimum absolute atomic E-state index is 0.000190. The maximum absolute atomic E-state index is 10.8. The Balaban J connectivity index is 4.39. The lowest BCUT2D eigenvalue weighted by molar-refractivity contribution is 0.207. The van der Waals surface area contributed by atoms with Gasteiger partial charge in [0, 0.05) is 13.2 Å². The molecule has 0 aliphatic carbocycles. The van der Waals surface area contributed by atoms with Gasteiger partial charge in [0.15, 0.2) is 0 Å². The van der Waals surface area contributed by atoms with Crippen molar-refractivity contribution in [1.29, 1.82) is 0 Å². The van der Waals surface area contributed by atoms with Crippen molar-refractivity contribution in [2.45, 2.75) is 32.6 Å². The Kier molecular flexibility index (Phi) is 6.35. The molecular formula is C9H20O5S. The molecule has 0 unspecified atom stereocenters. The molecule has 0 rings (SSSR count). The van der Waals surface area contributed by atoms with Crippen LogP contribution in [0.3, 0.4) is 0 Å². The Labute approximate surface area is 90.9 Å². The zero-order valence-electron chi connectivity index (χ0n) is 9.02. The highest BCUT2D eigenvalue weighted by Crippen LogP contribution is 2.30. The Bertz CT molecular complexity index is 252. The van der Waals surface area contributed by atoms with E-state index in [1.54, 1.807) is 6.92 Å². The molecule has 0 aromatic heterocycles. The topological polar surface area (TPSA) is 94.8 Å². The molecule has 0 amide bonds. The van der Waals surface area contributed by atoms with Crippen LogP contribution in [0, 0.1) is 5.41 Å². The van der Waals surface area contributed by atoms with Gasteiger partial charge in [-0.25, -0.2) is 0 Å². The summed E-state index contributed by atoms with van der Waals surface area (Å²) in [5.41, 5.74) is -0.570. The smallest absolute Gasteiger partial charge is 0.265 e. The molecule has 0 saturated heterocycles. The summed E-state index contributed by atoms with van der Waals surface area (Å²) in [7, 11) is -4.01. The summed E-state index contributed by atoms with van der Waals surface area (Å²) in [6.45, 7) is 1.74. The van der Waals surface area contributed by atoms with Crippen LogP contribution in [0.5, 0.6) is 0 Å². The van der Waals surface area contributed by atoms with Gasteiger partial charge in [-0.3, -0.25) is 4.55 Å². The molecule has 0 spiro atoms. The van der Waals surface area contributed by atoms with Gasteiger partial charge in [-0.2, -0.15) is 8.42 Å². The Morgan fingerprint density at radius 3 is 1.73 bits per heavy atom. The van der Waals surface area contributed by atoms with Crippen molar-refractivity contribution < 1.29 is 23.2 Å². The zero-order valence-corrected chi connectivity index (χ0v) is 9.83. The van der Waals surface area contributed by atoms with E-state index in [0.29, 0.717) is 25.7 Å². The van der Waals surface area contributed by atoms with Crippen LogP contribution in [0.25, 0.3) is 0 Å². The largest absolute Gasteiger partial charge is 0.396 e. The van der Waals surface area contributed by atoms with Gasteiger partial charge in [0.2, 0.25) is 0 Å². The Morgan fingerprint density at radius 2 is 1.47 bits per heavy atom. The highest BCUT2D eigenvalue weighted by Gasteiger charge is 2.28. The molecule has 0 radical (unpaired) electrons. The minimum atomic E-state index is -4.01. The molecule has 0 saturated carbocycles. The van der Waals surface area contributed by atoms with Crippen LogP contribution in [0.15, 0.2) is 0 Å². The third-order valence-corrected chi connectivity index (χ3v) is 3.47. The van der Waals surface area contributed by atoms with E-state index in [-0.39, 0.29) is 19.0 Å². The first-order valence-corrected chi connectivity index (χ1v) is 6.61. The molecule has 6 heteroatoms. The molecule has 0 atom stereocenters. The fourth-order valence-electron chi connectivity index (χ4n) is 1.72. The van der Waals surface area contributed by atoms with Crippen molar-refractivity contribution >= 4 is 10.1 Å². The van der Waals surface area contributed by atoms with Gasteiger partial charge in [-0.1, -0.05) is 6.92 Å². The molecule has 0 heterocycles. The van der Waals surface area contributed by atoms with Gasteiger partial charge < -0.3 is 10.2 Å². The number of aliphatic hydroxyl groups is 2. The highest BCUT2D eigenvalue weighted by atomic mass is 32.2. The van der Waals surface area contributed by atoms with Gasteiger partial charge in [0.25, 0.3) is 10.1 Å². The van der Waals surface area contributed by atoms with E-state index in [1.807, 2.05) is 0 Å². The molecule has 0 fully saturated rings. The molecule has 0 aromatic carbocycles. The van der Waals surface area contributed by atoms with Gasteiger partial charge in [0.1, 0.15) is 0 Å². The van der Waals surface area contributed by atoms with Crippen molar-refractivity contribution in [3.8, 4) is 0 Å². The predicted octanol–water partition coefficient (Wildman–Crippen LogP) is 0.426. The van der Waals surface area contributed by atoms with E-state index in [4.69, 9.17) is 14.8 Å². The molecule has 5 nitrogen and oxygen atoms in total. The van der Waals surface area contributed by atoms with Crippen molar-refractivity contribution in [3.05, 3.63) is 0 Å². The summed E-state index contributed by atoms with van der Waals surface area (Å²) in [6, 6.07) is 0. The van der Waals surface area contributed by atoms with E-state index in [0.717, 1.165) is 0 Å². The summed E-state index contributed by atoms with van der Waals surface area (Å²) < 4.78 is 30.4. The third-order valence-electron chi connectivity index (χ3n) is 2.41. The average Bonchev–Trinajstić information content (AvgIpc) is 2.09. The molecule has 0 aliphatic rings. The van der Waals surface area contributed by atoms with E-state index < -0.39 is 15.5 Å². The fraction of sp³-hybridized carbons (Fsp3) is 1.00. The van der Waals surface area contributed by atoms with Crippen LogP contribution in [-0.2, 0) is 10.1 Å². The van der Waals surface area contributed by atoms with Crippen LogP contribution in [-0.4, -0.2) is 42.2 Å². The van der Waals surface area contributed by atoms with Crippen LogP contribution in [0.4, 0.5) is 0 Å². The predicted molar refractivity (Wildman–Crippen MR) is 57.2 cm³/mol. The Hall–Kier alpha value is -0.170. The second-order valence-electron chi connectivity index (χ2n) is 4.19. The maximum Gasteiger partial charge on any atom is 0.265 e. The van der Waals surface area contributed by atoms with Crippen LogP contribution < -0.4 is 0 Å². The second kappa shape index (κ2) is 6.42. The lowest BCUT2D eigenvalue weighted by atomic mass is 9.83. The standard InChI is InChI=1S/C9H20O5S/c1-9(4-2-6-10,5-3-7-11)8-15(12,13)14/h10-11H,2-8H2,1H3,(H,12,13,14). The lowest BCUT2D eigenvalue weighted by Crippen LogP contribution is -2.27. The third kappa shape index (κ3) is 7.72. The minimum Gasteiger partial charge on any atom is -0.396 e. The van der Waals surface area contributed by atoms with Gasteiger partial charge in [-0.15, -0.1) is 0 Å². The first-order chi connectivity index (χ1) is 6.83. The monoisotopic (exact) mass is 240 g/mol. The SMILES string of the molecule is CC(CCCO)(CCCO)CS(=O)(=O)O. The lowest BCUT2D eigenvalue weighted by Gasteiger charge is -2.27. The van der Waals surface area contributed by atoms with E-state index in [1.165, 1.54) is 0 Å². The van der Waals surface area contributed by atoms with Crippen molar-refractivity contribution in [3.63, 3.8) is 0 Å².